The number of anilines is 1. The highest BCUT2D eigenvalue weighted by Crippen LogP contribution is 2.39. The van der Waals surface area contributed by atoms with Crippen molar-refractivity contribution in [3.8, 4) is 5.75 Å². The minimum Gasteiger partial charge on any atom is -0.507 e. The monoisotopic (exact) mass is 480 g/mol. The maximum absolute atomic E-state index is 13.1. The molecule has 0 saturated carbocycles. The van der Waals surface area contributed by atoms with E-state index in [1.807, 2.05) is 24.3 Å². The summed E-state index contributed by atoms with van der Waals surface area (Å²) >= 11 is 0. The highest BCUT2D eigenvalue weighted by Gasteiger charge is 2.45. The Hall–Kier alpha value is -3.32. The first-order valence-electron chi connectivity index (χ1n) is 12.2. The van der Waals surface area contributed by atoms with Crippen molar-refractivity contribution in [1.29, 1.82) is 0 Å². The summed E-state index contributed by atoms with van der Waals surface area (Å²) in [5, 5.41) is 11.2. The second-order valence-electron chi connectivity index (χ2n) is 8.98. The lowest BCUT2D eigenvalue weighted by Gasteiger charge is -2.26. The number of likely N-dealkylation sites (tertiary alicyclic amines) is 1. The van der Waals surface area contributed by atoms with Gasteiger partial charge in [-0.15, -0.1) is 0 Å². The molecule has 2 aromatic rings. The summed E-state index contributed by atoms with van der Waals surface area (Å²) in [6.45, 7) is 11.2. The van der Waals surface area contributed by atoms with Gasteiger partial charge in [0.05, 0.1) is 24.8 Å². The maximum atomic E-state index is 13.1. The van der Waals surface area contributed by atoms with Crippen LogP contribution in [0.3, 0.4) is 0 Å². The van der Waals surface area contributed by atoms with E-state index in [0.717, 1.165) is 24.3 Å². The molecular weight excluding hydrogens is 444 g/mol. The van der Waals surface area contributed by atoms with Crippen LogP contribution in [-0.2, 0) is 14.3 Å². The van der Waals surface area contributed by atoms with Crippen molar-refractivity contribution in [3.63, 3.8) is 0 Å². The third kappa shape index (κ3) is 5.85. The van der Waals surface area contributed by atoms with Crippen LogP contribution in [0.5, 0.6) is 5.75 Å². The van der Waals surface area contributed by atoms with E-state index in [9.17, 15) is 14.7 Å². The fourth-order valence-corrected chi connectivity index (χ4v) is 4.23. The van der Waals surface area contributed by atoms with Crippen molar-refractivity contribution >= 4 is 23.1 Å². The summed E-state index contributed by atoms with van der Waals surface area (Å²) < 4.78 is 10.9. The predicted octanol–water partition coefficient (Wildman–Crippen LogP) is 4.64. The number of methoxy groups -OCH3 is 1. The van der Waals surface area contributed by atoms with Crippen LogP contribution in [0.4, 0.5) is 5.69 Å². The van der Waals surface area contributed by atoms with Crippen molar-refractivity contribution in [3.05, 3.63) is 65.2 Å². The van der Waals surface area contributed by atoms with Crippen LogP contribution < -0.4 is 9.64 Å². The van der Waals surface area contributed by atoms with Gasteiger partial charge in [0.15, 0.2) is 0 Å². The molecule has 1 fully saturated rings. The van der Waals surface area contributed by atoms with Gasteiger partial charge in [-0.3, -0.25) is 9.59 Å². The molecule has 1 aliphatic heterocycles. The maximum Gasteiger partial charge on any atom is 0.295 e. The van der Waals surface area contributed by atoms with Crippen LogP contribution in [0.25, 0.3) is 5.76 Å². The molecule has 7 nitrogen and oxygen atoms in total. The summed E-state index contributed by atoms with van der Waals surface area (Å²) in [7, 11) is 1.55. The fourth-order valence-electron chi connectivity index (χ4n) is 4.23. The number of hydrogen-bond acceptors (Lipinski definition) is 6. The van der Waals surface area contributed by atoms with Gasteiger partial charge in [0, 0.05) is 38.0 Å². The Morgan fingerprint density at radius 2 is 1.66 bits per heavy atom. The lowest BCUT2D eigenvalue weighted by atomic mass is 9.95. The van der Waals surface area contributed by atoms with E-state index in [1.54, 1.807) is 31.4 Å². The number of amides is 1. The SMILES string of the molecule is CCN(CC)c1ccc(C2/C(=C(/O)c3ccc(OCC(C)C)cc3)C(=O)C(=O)N2CCOC)cc1. The highest BCUT2D eigenvalue weighted by atomic mass is 16.5. The Labute approximate surface area is 207 Å². The molecule has 35 heavy (non-hydrogen) atoms. The average molecular weight is 481 g/mol. The number of Topliss-reactive ketones (excluding diaryl/α,β-unsaturated/α-hetero) is 1. The van der Waals surface area contributed by atoms with E-state index in [4.69, 9.17) is 9.47 Å². The van der Waals surface area contributed by atoms with Crippen molar-refractivity contribution in [2.24, 2.45) is 5.92 Å². The van der Waals surface area contributed by atoms with E-state index >= 15 is 0 Å². The lowest BCUT2D eigenvalue weighted by Crippen LogP contribution is -2.32. The van der Waals surface area contributed by atoms with Crippen LogP contribution in [0.15, 0.2) is 54.1 Å². The molecule has 0 aliphatic carbocycles. The Bertz CT molecular complexity index is 1040. The molecule has 0 aromatic heterocycles. The summed E-state index contributed by atoms with van der Waals surface area (Å²) in [5.74, 6) is -0.468. The summed E-state index contributed by atoms with van der Waals surface area (Å²) in [5.41, 5.74) is 2.35. The molecule has 2 aromatic carbocycles. The second-order valence-corrected chi connectivity index (χ2v) is 8.98. The molecule has 0 bridgehead atoms. The molecule has 1 saturated heterocycles. The molecule has 3 rings (SSSR count). The Morgan fingerprint density at radius 3 is 2.20 bits per heavy atom. The van der Waals surface area contributed by atoms with Crippen LogP contribution in [-0.4, -0.2) is 61.7 Å². The number of rotatable bonds is 11. The molecule has 7 heteroatoms. The zero-order valence-corrected chi connectivity index (χ0v) is 21.3. The molecule has 1 N–H and O–H groups in total. The van der Waals surface area contributed by atoms with Crippen molar-refractivity contribution < 1.29 is 24.2 Å². The smallest absolute Gasteiger partial charge is 0.295 e. The summed E-state index contributed by atoms with van der Waals surface area (Å²) in [6, 6.07) is 14.0. The van der Waals surface area contributed by atoms with E-state index < -0.39 is 17.7 Å². The number of hydrogen-bond donors (Lipinski definition) is 1. The standard InChI is InChI=1S/C28H36N2O5/c1-6-29(7-2)22-12-8-20(9-13-22)25-24(27(32)28(33)30(25)16-17-34-5)26(31)21-10-14-23(15-11-21)35-18-19(3)4/h8-15,19,25,31H,6-7,16-18H2,1-5H3/b26-24-. The normalized spacial score (nSPS) is 17.3. The van der Waals surface area contributed by atoms with Gasteiger partial charge in [0.1, 0.15) is 11.5 Å². The zero-order valence-electron chi connectivity index (χ0n) is 21.3. The Balaban J connectivity index is 2.02. The topological polar surface area (TPSA) is 79.3 Å². The largest absolute Gasteiger partial charge is 0.507 e. The molecule has 1 unspecified atom stereocenters. The fraction of sp³-hybridized carbons (Fsp3) is 0.429. The molecule has 188 valence electrons. The Kier molecular flexibility index (Phi) is 8.93. The summed E-state index contributed by atoms with van der Waals surface area (Å²) in [4.78, 5) is 29.8. The van der Waals surface area contributed by atoms with Gasteiger partial charge < -0.3 is 24.4 Å². The van der Waals surface area contributed by atoms with Gasteiger partial charge in [0.2, 0.25) is 0 Å². The van der Waals surface area contributed by atoms with Crippen LogP contribution >= 0.6 is 0 Å². The molecule has 1 amide bonds. The van der Waals surface area contributed by atoms with Crippen LogP contribution in [0.2, 0.25) is 0 Å². The first-order valence-corrected chi connectivity index (χ1v) is 12.2. The van der Waals surface area contributed by atoms with Gasteiger partial charge in [-0.1, -0.05) is 26.0 Å². The Morgan fingerprint density at radius 1 is 1.03 bits per heavy atom. The minimum atomic E-state index is -0.701. The second kappa shape index (κ2) is 11.9. The quantitative estimate of drug-likeness (QED) is 0.287. The van der Waals surface area contributed by atoms with Crippen molar-refractivity contribution in [2.45, 2.75) is 33.7 Å². The molecule has 0 radical (unpaired) electrons. The van der Waals surface area contributed by atoms with E-state index in [0.29, 0.717) is 23.8 Å². The molecule has 1 atom stereocenters. The van der Waals surface area contributed by atoms with Gasteiger partial charge in [-0.2, -0.15) is 0 Å². The molecule has 0 spiro atoms. The van der Waals surface area contributed by atoms with Crippen LogP contribution in [0.1, 0.15) is 44.9 Å². The van der Waals surface area contributed by atoms with Crippen molar-refractivity contribution in [1.82, 2.24) is 4.90 Å². The van der Waals surface area contributed by atoms with Crippen LogP contribution in [0, 0.1) is 5.92 Å². The minimum absolute atomic E-state index is 0.0811. The van der Waals surface area contributed by atoms with E-state index in [-0.39, 0.29) is 24.5 Å². The number of benzene rings is 2. The lowest BCUT2D eigenvalue weighted by molar-refractivity contribution is -0.140. The number of carbonyl (C=O) groups is 2. The summed E-state index contributed by atoms with van der Waals surface area (Å²) in [6.07, 6.45) is 0. The number of nitrogens with zero attached hydrogens (tertiary/aromatic N) is 2. The molecule has 1 heterocycles. The average Bonchev–Trinajstić information content (AvgIpc) is 3.12. The van der Waals surface area contributed by atoms with Gasteiger partial charge in [0.25, 0.3) is 11.7 Å². The zero-order chi connectivity index (χ0) is 25.5. The van der Waals surface area contributed by atoms with Crippen molar-refractivity contribution in [2.75, 3.05) is 44.9 Å². The first kappa shape index (κ1) is 26.3. The number of ether oxygens (including phenoxy) is 2. The third-order valence-electron chi connectivity index (χ3n) is 6.12. The number of aliphatic hydroxyl groups is 1. The van der Waals surface area contributed by atoms with Gasteiger partial charge >= 0.3 is 0 Å². The number of carbonyl (C=O) groups excluding carboxylic acids is 2. The number of aliphatic hydroxyl groups excluding tert-OH is 1. The van der Waals surface area contributed by atoms with Gasteiger partial charge in [-0.05, 0) is 61.7 Å². The number of ketones is 1. The third-order valence-corrected chi connectivity index (χ3v) is 6.12. The first-order chi connectivity index (χ1) is 16.8. The highest BCUT2D eigenvalue weighted by molar-refractivity contribution is 6.46. The van der Waals surface area contributed by atoms with Gasteiger partial charge in [-0.25, -0.2) is 0 Å². The van der Waals surface area contributed by atoms with E-state index in [1.165, 1.54) is 4.90 Å². The molecule has 1 aliphatic rings. The van der Waals surface area contributed by atoms with E-state index in [2.05, 4.69) is 32.6 Å². The molecular formula is C28H36N2O5. The predicted molar refractivity (Wildman–Crippen MR) is 138 cm³/mol.